The lowest BCUT2D eigenvalue weighted by Crippen LogP contribution is -2.43. The molecule has 3 rings (SSSR count). The minimum Gasteiger partial charge on any atom is -0.375 e. The van der Waals surface area contributed by atoms with Gasteiger partial charge in [-0.2, -0.15) is 0 Å². The van der Waals surface area contributed by atoms with Crippen molar-refractivity contribution in [1.82, 2.24) is 5.32 Å². The summed E-state index contributed by atoms with van der Waals surface area (Å²) in [5.41, 5.74) is 0.320. The highest BCUT2D eigenvalue weighted by Crippen LogP contribution is 2.44. The van der Waals surface area contributed by atoms with Crippen LogP contribution in [0.25, 0.3) is 0 Å². The molecule has 2 heterocycles. The van der Waals surface area contributed by atoms with Crippen LogP contribution in [0.4, 0.5) is 0 Å². The van der Waals surface area contributed by atoms with Crippen LogP contribution in [0, 0.1) is 11.8 Å². The zero-order valence-corrected chi connectivity index (χ0v) is 10.3. The smallest absolute Gasteiger partial charge is 0.0685 e. The average molecular weight is 223 g/mol. The number of ether oxygens (including phenoxy) is 1. The summed E-state index contributed by atoms with van der Waals surface area (Å²) >= 11 is 0. The summed E-state index contributed by atoms with van der Waals surface area (Å²) in [4.78, 5) is 0. The SMILES string of the molecule is C1CNCC(C2CCOC3(CCCC3)C2)C1. The maximum atomic E-state index is 6.13. The first kappa shape index (κ1) is 11.0. The summed E-state index contributed by atoms with van der Waals surface area (Å²) < 4.78 is 6.13. The van der Waals surface area contributed by atoms with E-state index in [4.69, 9.17) is 4.74 Å². The highest BCUT2D eigenvalue weighted by atomic mass is 16.5. The van der Waals surface area contributed by atoms with E-state index in [0.717, 1.165) is 18.4 Å². The predicted octanol–water partition coefficient (Wildman–Crippen LogP) is 2.73. The van der Waals surface area contributed by atoms with E-state index in [-0.39, 0.29) is 0 Å². The molecule has 2 saturated heterocycles. The van der Waals surface area contributed by atoms with Gasteiger partial charge in [0.25, 0.3) is 0 Å². The molecule has 2 atom stereocenters. The maximum Gasteiger partial charge on any atom is 0.0685 e. The van der Waals surface area contributed by atoms with Crippen molar-refractivity contribution in [1.29, 1.82) is 0 Å². The molecule has 1 aliphatic carbocycles. The van der Waals surface area contributed by atoms with Crippen molar-refractivity contribution in [2.75, 3.05) is 19.7 Å². The highest BCUT2D eigenvalue weighted by molar-refractivity contribution is 4.93. The summed E-state index contributed by atoms with van der Waals surface area (Å²) in [5.74, 6) is 1.88. The first-order chi connectivity index (χ1) is 7.88. The van der Waals surface area contributed by atoms with Gasteiger partial charge in [0.2, 0.25) is 0 Å². The Morgan fingerprint density at radius 1 is 1.00 bits per heavy atom. The molecule has 0 aromatic heterocycles. The van der Waals surface area contributed by atoms with Crippen molar-refractivity contribution in [3.63, 3.8) is 0 Å². The van der Waals surface area contributed by atoms with Crippen molar-refractivity contribution in [3.05, 3.63) is 0 Å². The van der Waals surface area contributed by atoms with Crippen LogP contribution in [0.15, 0.2) is 0 Å². The summed E-state index contributed by atoms with van der Waals surface area (Å²) in [7, 11) is 0. The average Bonchev–Trinajstić information content (AvgIpc) is 2.78. The van der Waals surface area contributed by atoms with Crippen LogP contribution < -0.4 is 5.32 Å². The van der Waals surface area contributed by atoms with Crippen LogP contribution >= 0.6 is 0 Å². The molecule has 0 aromatic carbocycles. The van der Waals surface area contributed by atoms with E-state index in [9.17, 15) is 0 Å². The minimum absolute atomic E-state index is 0.320. The first-order valence-electron chi connectivity index (χ1n) is 7.23. The van der Waals surface area contributed by atoms with Crippen molar-refractivity contribution < 1.29 is 4.74 Å². The quantitative estimate of drug-likeness (QED) is 0.738. The molecule has 0 bridgehead atoms. The molecule has 1 spiro atoms. The molecule has 92 valence electrons. The van der Waals surface area contributed by atoms with E-state index in [1.54, 1.807) is 0 Å². The standard InChI is InChI=1S/C14H25NO/c1-2-7-14(6-1)10-12(5-9-16-14)13-4-3-8-15-11-13/h12-13,15H,1-11H2. The summed E-state index contributed by atoms with van der Waals surface area (Å²) in [6, 6.07) is 0. The minimum atomic E-state index is 0.320. The zero-order chi connectivity index (χ0) is 10.8. The van der Waals surface area contributed by atoms with Crippen LogP contribution in [0.2, 0.25) is 0 Å². The van der Waals surface area contributed by atoms with Gasteiger partial charge in [0.15, 0.2) is 0 Å². The molecular weight excluding hydrogens is 198 g/mol. The molecular formula is C14H25NO. The second kappa shape index (κ2) is 4.66. The first-order valence-corrected chi connectivity index (χ1v) is 7.23. The van der Waals surface area contributed by atoms with Crippen LogP contribution in [-0.4, -0.2) is 25.3 Å². The van der Waals surface area contributed by atoms with Crippen LogP contribution in [0.5, 0.6) is 0 Å². The van der Waals surface area contributed by atoms with Gasteiger partial charge >= 0.3 is 0 Å². The topological polar surface area (TPSA) is 21.3 Å². The number of rotatable bonds is 1. The van der Waals surface area contributed by atoms with Crippen molar-refractivity contribution >= 4 is 0 Å². The molecule has 16 heavy (non-hydrogen) atoms. The maximum absolute atomic E-state index is 6.13. The zero-order valence-electron chi connectivity index (χ0n) is 10.3. The molecule has 3 fully saturated rings. The Morgan fingerprint density at radius 2 is 1.88 bits per heavy atom. The van der Waals surface area contributed by atoms with E-state index < -0.39 is 0 Å². The van der Waals surface area contributed by atoms with E-state index in [0.29, 0.717) is 5.60 Å². The largest absolute Gasteiger partial charge is 0.375 e. The number of nitrogens with one attached hydrogen (secondary N) is 1. The van der Waals surface area contributed by atoms with Gasteiger partial charge in [-0.15, -0.1) is 0 Å². The molecule has 2 nitrogen and oxygen atoms in total. The Morgan fingerprint density at radius 3 is 2.62 bits per heavy atom. The normalized spacial score (nSPS) is 39.0. The van der Waals surface area contributed by atoms with Crippen LogP contribution in [0.1, 0.15) is 51.4 Å². The fraction of sp³-hybridized carbons (Fsp3) is 1.00. The molecule has 3 aliphatic rings. The van der Waals surface area contributed by atoms with Gasteiger partial charge in [0, 0.05) is 6.61 Å². The molecule has 0 aromatic rings. The van der Waals surface area contributed by atoms with Gasteiger partial charge in [-0.1, -0.05) is 12.8 Å². The second-order valence-electron chi connectivity index (χ2n) is 6.10. The third kappa shape index (κ3) is 2.14. The van der Waals surface area contributed by atoms with Crippen molar-refractivity contribution in [2.24, 2.45) is 11.8 Å². The Bertz CT molecular complexity index is 229. The van der Waals surface area contributed by atoms with E-state index >= 15 is 0 Å². The molecule has 1 saturated carbocycles. The van der Waals surface area contributed by atoms with Crippen molar-refractivity contribution in [3.8, 4) is 0 Å². The molecule has 0 amide bonds. The van der Waals surface area contributed by atoms with Gasteiger partial charge in [-0.25, -0.2) is 0 Å². The van der Waals surface area contributed by atoms with Gasteiger partial charge in [-0.05, 0) is 63.5 Å². The number of hydrogen-bond donors (Lipinski definition) is 1. The molecule has 2 unspecified atom stereocenters. The predicted molar refractivity (Wildman–Crippen MR) is 65.5 cm³/mol. The molecule has 2 aliphatic heterocycles. The fourth-order valence-corrected chi connectivity index (χ4v) is 4.12. The summed E-state index contributed by atoms with van der Waals surface area (Å²) in [6.45, 7) is 3.53. The molecule has 1 N–H and O–H groups in total. The Kier molecular flexibility index (Phi) is 3.21. The van der Waals surface area contributed by atoms with E-state index in [1.807, 2.05) is 0 Å². The second-order valence-corrected chi connectivity index (χ2v) is 6.10. The van der Waals surface area contributed by atoms with Gasteiger partial charge in [-0.3, -0.25) is 0 Å². The lowest BCUT2D eigenvalue weighted by atomic mass is 9.75. The van der Waals surface area contributed by atoms with Crippen molar-refractivity contribution in [2.45, 2.75) is 57.0 Å². The van der Waals surface area contributed by atoms with Crippen LogP contribution in [0.3, 0.4) is 0 Å². The Balaban J connectivity index is 1.62. The summed E-state index contributed by atoms with van der Waals surface area (Å²) in [6.07, 6.45) is 11.0. The Labute approximate surface area is 99.1 Å². The van der Waals surface area contributed by atoms with Gasteiger partial charge < -0.3 is 10.1 Å². The van der Waals surface area contributed by atoms with Gasteiger partial charge in [0.1, 0.15) is 0 Å². The van der Waals surface area contributed by atoms with Crippen LogP contribution in [-0.2, 0) is 4.74 Å². The third-order valence-corrected chi connectivity index (χ3v) is 5.05. The molecule has 2 heteroatoms. The lowest BCUT2D eigenvalue weighted by molar-refractivity contribution is -0.103. The van der Waals surface area contributed by atoms with E-state index in [2.05, 4.69) is 5.32 Å². The fourth-order valence-electron chi connectivity index (χ4n) is 4.12. The number of piperidine rings is 1. The summed E-state index contributed by atoms with van der Waals surface area (Å²) in [5, 5.41) is 3.57. The third-order valence-electron chi connectivity index (χ3n) is 5.05. The highest BCUT2D eigenvalue weighted by Gasteiger charge is 2.41. The number of hydrogen-bond acceptors (Lipinski definition) is 2. The lowest BCUT2D eigenvalue weighted by Gasteiger charge is -2.42. The monoisotopic (exact) mass is 223 g/mol. The molecule has 0 radical (unpaired) electrons. The Hall–Kier alpha value is -0.0800. The van der Waals surface area contributed by atoms with E-state index in [1.165, 1.54) is 64.5 Å². The van der Waals surface area contributed by atoms with Gasteiger partial charge in [0.05, 0.1) is 5.60 Å².